The number of imidazole rings is 1. The fourth-order valence-electron chi connectivity index (χ4n) is 3.39. The summed E-state index contributed by atoms with van der Waals surface area (Å²) in [5, 5.41) is 4.19. The van der Waals surface area contributed by atoms with Crippen molar-refractivity contribution in [2.45, 2.75) is 45.9 Å². The van der Waals surface area contributed by atoms with Gasteiger partial charge in [0.05, 0.1) is 11.8 Å². The number of rotatable bonds is 5. The van der Waals surface area contributed by atoms with Gasteiger partial charge in [-0.1, -0.05) is 0 Å². The Balaban J connectivity index is 1.65. The Morgan fingerprint density at radius 2 is 2.08 bits per heavy atom. The van der Waals surface area contributed by atoms with E-state index in [1.165, 1.54) is 0 Å². The lowest BCUT2D eigenvalue weighted by molar-refractivity contribution is 0.0689. The third-order valence-corrected chi connectivity index (χ3v) is 4.65. The van der Waals surface area contributed by atoms with E-state index in [0.29, 0.717) is 18.2 Å². The molecule has 7 nitrogen and oxygen atoms in total. The molecule has 2 aromatic rings. The van der Waals surface area contributed by atoms with E-state index in [-0.39, 0.29) is 5.91 Å². The average molecular weight is 331 g/mol. The first-order valence-corrected chi connectivity index (χ1v) is 8.47. The van der Waals surface area contributed by atoms with Crippen molar-refractivity contribution in [1.82, 2.24) is 24.2 Å². The van der Waals surface area contributed by atoms with Crippen molar-refractivity contribution in [3.05, 3.63) is 35.7 Å². The van der Waals surface area contributed by atoms with Gasteiger partial charge in [0, 0.05) is 50.9 Å². The first-order valence-electron chi connectivity index (χ1n) is 8.47. The van der Waals surface area contributed by atoms with Crippen LogP contribution in [0.25, 0.3) is 0 Å². The number of methoxy groups -OCH3 is 1. The number of nitrogens with zero attached hydrogens (tertiary/aromatic N) is 5. The molecule has 0 aliphatic carbocycles. The van der Waals surface area contributed by atoms with Crippen LogP contribution < -0.4 is 0 Å². The summed E-state index contributed by atoms with van der Waals surface area (Å²) in [4.78, 5) is 19.0. The molecule has 0 radical (unpaired) electrons. The fourth-order valence-corrected chi connectivity index (χ4v) is 3.39. The Labute approximate surface area is 142 Å². The minimum absolute atomic E-state index is 0.0765. The monoisotopic (exact) mass is 331 g/mol. The molecule has 7 heteroatoms. The maximum atomic E-state index is 12.6. The standard InChI is InChI=1S/C17H25N5O2/c1-4-21-11-14(10-19-21)17(23)20-7-5-15(6-8-20)22-13(2)9-18-16(22)12-24-3/h9-11,15H,4-8,12H2,1-3H3. The summed E-state index contributed by atoms with van der Waals surface area (Å²) in [5.41, 5.74) is 1.82. The number of piperidine rings is 1. The molecule has 0 atom stereocenters. The number of amides is 1. The van der Waals surface area contributed by atoms with Crippen molar-refractivity contribution in [3.8, 4) is 0 Å². The molecule has 0 bridgehead atoms. The molecule has 3 rings (SSSR count). The first kappa shape index (κ1) is 16.7. The van der Waals surface area contributed by atoms with Gasteiger partial charge in [0.1, 0.15) is 12.4 Å². The van der Waals surface area contributed by atoms with Crippen LogP contribution in [0.3, 0.4) is 0 Å². The van der Waals surface area contributed by atoms with Crippen molar-refractivity contribution in [1.29, 1.82) is 0 Å². The third-order valence-electron chi connectivity index (χ3n) is 4.65. The van der Waals surface area contributed by atoms with Crippen LogP contribution >= 0.6 is 0 Å². The van der Waals surface area contributed by atoms with E-state index < -0.39 is 0 Å². The van der Waals surface area contributed by atoms with Gasteiger partial charge in [0.2, 0.25) is 0 Å². The summed E-state index contributed by atoms with van der Waals surface area (Å²) in [6.45, 7) is 6.89. The highest BCUT2D eigenvalue weighted by molar-refractivity contribution is 5.93. The molecule has 1 saturated heterocycles. The van der Waals surface area contributed by atoms with Crippen molar-refractivity contribution in [2.75, 3.05) is 20.2 Å². The number of aryl methyl sites for hydroxylation is 2. The highest BCUT2D eigenvalue weighted by Gasteiger charge is 2.27. The van der Waals surface area contributed by atoms with Gasteiger partial charge in [-0.2, -0.15) is 5.10 Å². The summed E-state index contributed by atoms with van der Waals surface area (Å²) in [5.74, 6) is 1.04. The van der Waals surface area contributed by atoms with Crippen LogP contribution in [0.15, 0.2) is 18.6 Å². The fraction of sp³-hybridized carbons (Fsp3) is 0.588. The summed E-state index contributed by atoms with van der Waals surface area (Å²) < 4.78 is 9.29. The zero-order valence-corrected chi connectivity index (χ0v) is 14.6. The number of ether oxygens (including phenoxy) is 1. The van der Waals surface area contributed by atoms with Crippen LogP contribution in [0.4, 0.5) is 0 Å². The van der Waals surface area contributed by atoms with Crippen molar-refractivity contribution >= 4 is 5.91 Å². The van der Waals surface area contributed by atoms with Gasteiger partial charge in [-0.25, -0.2) is 4.98 Å². The molecule has 0 N–H and O–H groups in total. The summed E-state index contributed by atoms with van der Waals surface area (Å²) in [6.07, 6.45) is 7.24. The lowest BCUT2D eigenvalue weighted by atomic mass is 10.0. The minimum Gasteiger partial charge on any atom is -0.377 e. The normalized spacial score (nSPS) is 15.9. The van der Waals surface area contributed by atoms with Gasteiger partial charge in [-0.3, -0.25) is 9.48 Å². The average Bonchev–Trinajstić information content (AvgIpc) is 3.22. The van der Waals surface area contributed by atoms with Crippen molar-refractivity contribution < 1.29 is 9.53 Å². The second kappa shape index (κ2) is 7.17. The molecule has 1 aliphatic heterocycles. The van der Waals surface area contributed by atoms with Crippen LogP contribution in [0.1, 0.15) is 47.7 Å². The number of aromatic nitrogens is 4. The predicted molar refractivity (Wildman–Crippen MR) is 89.8 cm³/mol. The van der Waals surface area contributed by atoms with E-state index in [1.54, 1.807) is 18.0 Å². The van der Waals surface area contributed by atoms with Gasteiger partial charge in [-0.15, -0.1) is 0 Å². The Hall–Kier alpha value is -2.15. The largest absolute Gasteiger partial charge is 0.377 e. The van der Waals surface area contributed by atoms with Gasteiger partial charge >= 0.3 is 0 Å². The second-order valence-corrected chi connectivity index (χ2v) is 6.23. The number of hydrogen-bond acceptors (Lipinski definition) is 4. The molecular formula is C17H25N5O2. The first-order chi connectivity index (χ1) is 11.6. The lowest BCUT2D eigenvalue weighted by Gasteiger charge is -2.33. The molecule has 24 heavy (non-hydrogen) atoms. The van der Waals surface area contributed by atoms with E-state index in [9.17, 15) is 4.79 Å². The van der Waals surface area contributed by atoms with Crippen LogP contribution in [-0.2, 0) is 17.9 Å². The van der Waals surface area contributed by atoms with E-state index in [4.69, 9.17) is 4.74 Å². The smallest absolute Gasteiger partial charge is 0.257 e. The van der Waals surface area contributed by atoms with Crippen LogP contribution in [0.5, 0.6) is 0 Å². The number of carbonyl (C=O) groups excluding carboxylic acids is 1. The number of carbonyl (C=O) groups is 1. The molecule has 1 aliphatic rings. The lowest BCUT2D eigenvalue weighted by Crippen LogP contribution is -2.39. The topological polar surface area (TPSA) is 65.2 Å². The highest BCUT2D eigenvalue weighted by Crippen LogP contribution is 2.26. The quantitative estimate of drug-likeness (QED) is 0.841. The van der Waals surface area contributed by atoms with Gasteiger partial charge in [0.15, 0.2) is 0 Å². The molecule has 130 valence electrons. The van der Waals surface area contributed by atoms with E-state index >= 15 is 0 Å². The summed E-state index contributed by atoms with van der Waals surface area (Å²) >= 11 is 0. The number of hydrogen-bond donors (Lipinski definition) is 0. The summed E-state index contributed by atoms with van der Waals surface area (Å²) in [7, 11) is 1.69. The van der Waals surface area contributed by atoms with Gasteiger partial charge < -0.3 is 14.2 Å². The Morgan fingerprint density at radius 3 is 2.71 bits per heavy atom. The molecular weight excluding hydrogens is 306 g/mol. The Kier molecular flexibility index (Phi) is 4.99. The second-order valence-electron chi connectivity index (χ2n) is 6.23. The minimum atomic E-state index is 0.0765. The third kappa shape index (κ3) is 3.21. The molecule has 0 unspecified atom stereocenters. The number of likely N-dealkylation sites (tertiary alicyclic amines) is 1. The maximum Gasteiger partial charge on any atom is 0.257 e. The van der Waals surface area contributed by atoms with Crippen molar-refractivity contribution in [3.63, 3.8) is 0 Å². The van der Waals surface area contributed by atoms with Gasteiger partial charge in [-0.05, 0) is 26.7 Å². The molecule has 2 aromatic heterocycles. The van der Waals surface area contributed by atoms with E-state index in [2.05, 4.69) is 21.6 Å². The van der Waals surface area contributed by atoms with Crippen LogP contribution in [-0.4, -0.2) is 50.3 Å². The SMILES string of the molecule is CCn1cc(C(=O)N2CCC(n3c(C)cnc3COC)CC2)cn1. The van der Waals surface area contributed by atoms with Crippen LogP contribution in [0.2, 0.25) is 0 Å². The van der Waals surface area contributed by atoms with Crippen molar-refractivity contribution in [2.24, 2.45) is 0 Å². The maximum absolute atomic E-state index is 12.6. The van der Waals surface area contributed by atoms with E-state index in [0.717, 1.165) is 44.0 Å². The summed E-state index contributed by atoms with van der Waals surface area (Å²) in [6, 6.07) is 0.375. The van der Waals surface area contributed by atoms with Crippen LogP contribution in [0, 0.1) is 6.92 Å². The van der Waals surface area contributed by atoms with Gasteiger partial charge in [0.25, 0.3) is 5.91 Å². The zero-order valence-electron chi connectivity index (χ0n) is 14.6. The molecule has 3 heterocycles. The Morgan fingerprint density at radius 1 is 1.33 bits per heavy atom. The molecule has 0 aromatic carbocycles. The highest BCUT2D eigenvalue weighted by atomic mass is 16.5. The van der Waals surface area contributed by atoms with E-state index in [1.807, 2.05) is 24.2 Å². The zero-order chi connectivity index (χ0) is 17.1. The molecule has 0 saturated carbocycles. The molecule has 1 fully saturated rings. The molecule has 0 spiro atoms. The predicted octanol–water partition coefficient (Wildman–Crippen LogP) is 2.03. The molecule has 1 amide bonds. The Bertz CT molecular complexity index is 698.